The van der Waals surface area contributed by atoms with Gasteiger partial charge < -0.3 is 4.74 Å². The molecule has 1 aromatic carbocycles. The van der Waals surface area contributed by atoms with E-state index in [2.05, 4.69) is 30.7 Å². The summed E-state index contributed by atoms with van der Waals surface area (Å²) in [5.74, 6) is 1.95. The summed E-state index contributed by atoms with van der Waals surface area (Å²) in [5, 5.41) is 0. The van der Waals surface area contributed by atoms with Crippen LogP contribution in [0, 0.1) is 5.92 Å². The van der Waals surface area contributed by atoms with Crippen LogP contribution in [-0.4, -0.2) is 22.7 Å². The Hall–Kier alpha value is -1.97. The first kappa shape index (κ1) is 30.3. The Kier molecular flexibility index (Phi) is 16.1. The normalized spacial score (nSPS) is 13.0. The van der Waals surface area contributed by atoms with Crippen LogP contribution in [0.4, 0.5) is 4.39 Å². The molecule has 0 saturated carbocycles. The molecule has 2 rings (SSSR count). The molecule has 1 heterocycles. The summed E-state index contributed by atoms with van der Waals surface area (Å²) in [5.41, 5.74) is 2.18. The van der Waals surface area contributed by atoms with Crippen molar-refractivity contribution in [2.24, 2.45) is 5.92 Å². The van der Waals surface area contributed by atoms with Crippen LogP contribution in [0.3, 0.4) is 0 Å². The third-order valence-corrected chi connectivity index (χ3v) is 7.05. The molecule has 1 aromatic heterocycles. The monoisotopic (exact) mass is 498 g/mol. The summed E-state index contributed by atoms with van der Waals surface area (Å²) in [6.45, 7) is 7.01. The molecule has 0 aliphatic heterocycles. The minimum atomic E-state index is -0.789. The second-order valence-corrected chi connectivity index (χ2v) is 10.6. The second-order valence-electron chi connectivity index (χ2n) is 10.6. The highest BCUT2D eigenvalue weighted by molar-refractivity contribution is 5.55. The van der Waals surface area contributed by atoms with Gasteiger partial charge in [0.1, 0.15) is 11.9 Å². The maximum atomic E-state index is 14.2. The first-order valence-corrected chi connectivity index (χ1v) is 14.8. The Morgan fingerprint density at radius 3 is 1.94 bits per heavy atom. The molecule has 0 N–H and O–H groups in total. The van der Waals surface area contributed by atoms with Gasteiger partial charge in [0.15, 0.2) is 5.82 Å². The number of nitrogens with zero attached hydrogens (tertiary/aromatic N) is 2. The van der Waals surface area contributed by atoms with E-state index in [0.717, 1.165) is 30.0 Å². The molecule has 0 saturated heterocycles. The lowest BCUT2D eigenvalue weighted by molar-refractivity contribution is 0.205. The van der Waals surface area contributed by atoms with Gasteiger partial charge in [-0.15, -0.1) is 0 Å². The highest BCUT2D eigenvalue weighted by Gasteiger charge is 2.12. The lowest BCUT2D eigenvalue weighted by Crippen LogP contribution is -2.11. The van der Waals surface area contributed by atoms with Crippen molar-refractivity contribution in [3.63, 3.8) is 0 Å². The van der Waals surface area contributed by atoms with Crippen LogP contribution >= 0.6 is 0 Å². The number of unbranched alkanes of at least 4 members (excludes halogenated alkanes) is 10. The van der Waals surface area contributed by atoms with Gasteiger partial charge in [0.2, 0.25) is 0 Å². The van der Waals surface area contributed by atoms with Crippen molar-refractivity contribution in [3.05, 3.63) is 42.2 Å². The van der Waals surface area contributed by atoms with E-state index in [4.69, 9.17) is 4.74 Å². The van der Waals surface area contributed by atoms with Gasteiger partial charge in [-0.05, 0) is 55.0 Å². The van der Waals surface area contributed by atoms with Crippen molar-refractivity contribution in [3.8, 4) is 17.1 Å². The second kappa shape index (κ2) is 19.2. The molecule has 0 spiro atoms. The minimum absolute atomic E-state index is 0.408. The summed E-state index contributed by atoms with van der Waals surface area (Å²) in [6.07, 6.45) is 22.3. The van der Waals surface area contributed by atoms with E-state index in [1.807, 2.05) is 36.7 Å². The SMILES string of the molecule is CCCCCCCCCCCCc1cnc(-c2ccc(OCCC(F)CC(C)CCCC)cc2)nc1. The molecule has 4 heteroatoms. The summed E-state index contributed by atoms with van der Waals surface area (Å²) < 4.78 is 20.0. The van der Waals surface area contributed by atoms with Gasteiger partial charge in [0.25, 0.3) is 0 Å². The van der Waals surface area contributed by atoms with E-state index in [-0.39, 0.29) is 0 Å². The van der Waals surface area contributed by atoms with Crippen molar-refractivity contribution in [1.29, 1.82) is 0 Å². The summed E-state index contributed by atoms with van der Waals surface area (Å²) in [6, 6.07) is 7.81. The molecular formula is C32H51FN2O. The molecule has 2 atom stereocenters. The Labute approximate surface area is 220 Å². The zero-order valence-corrected chi connectivity index (χ0v) is 23.3. The summed E-state index contributed by atoms with van der Waals surface area (Å²) >= 11 is 0. The number of alkyl halides is 1. The van der Waals surface area contributed by atoms with Crippen LogP contribution in [0.15, 0.2) is 36.7 Å². The molecule has 36 heavy (non-hydrogen) atoms. The fourth-order valence-electron chi connectivity index (χ4n) is 4.68. The van der Waals surface area contributed by atoms with E-state index < -0.39 is 6.17 Å². The predicted molar refractivity (Wildman–Crippen MR) is 151 cm³/mol. The Morgan fingerprint density at radius 2 is 1.33 bits per heavy atom. The van der Waals surface area contributed by atoms with Crippen molar-refractivity contribution < 1.29 is 9.13 Å². The largest absolute Gasteiger partial charge is 0.493 e. The van der Waals surface area contributed by atoms with Crippen molar-refractivity contribution in [1.82, 2.24) is 9.97 Å². The van der Waals surface area contributed by atoms with Crippen LogP contribution < -0.4 is 4.74 Å². The maximum Gasteiger partial charge on any atom is 0.159 e. The lowest BCUT2D eigenvalue weighted by atomic mass is 9.97. The number of rotatable bonds is 21. The molecule has 0 fully saturated rings. The van der Waals surface area contributed by atoms with Gasteiger partial charge in [-0.1, -0.05) is 97.8 Å². The fraction of sp³-hybridized carbons (Fsp3) is 0.688. The quantitative estimate of drug-likeness (QED) is 0.161. The van der Waals surface area contributed by atoms with Crippen molar-refractivity contribution >= 4 is 0 Å². The van der Waals surface area contributed by atoms with Crippen LogP contribution in [0.25, 0.3) is 11.4 Å². The van der Waals surface area contributed by atoms with E-state index in [1.165, 1.54) is 82.6 Å². The molecule has 2 unspecified atom stereocenters. The molecule has 2 aromatic rings. The van der Waals surface area contributed by atoms with Crippen LogP contribution in [0.2, 0.25) is 0 Å². The number of halogens is 1. The van der Waals surface area contributed by atoms with Crippen LogP contribution in [0.5, 0.6) is 5.75 Å². The van der Waals surface area contributed by atoms with E-state index in [1.54, 1.807) is 0 Å². The molecular weight excluding hydrogens is 447 g/mol. The number of aromatic nitrogens is 2. The first-order valence-electron chi connectivity index (χ1n) is 14.8. The zero-order valence-electron chi connectivity index (χ0n) is 23.3. The zero-order chi connectivity index (χ0) is 25.8. The lowest BCUT2D eigenvalue weighted by Gasteiger charge is -2.15. The minimum Gasteiger partial charge on any atom is -0.493 e. The molecule has 0 amide bonds. The van der Waals surface area contributed by atoms with Gasteiger partial charge in [-0.25, -0.2) is 14.4 Å². The first-order chi connectivity index (χ1) is 17.6. The van der Waals surface area contributed by atoms with Crippen LogP contribution in [-0.2, 0) is 6.42 Å². The van der Waals surface area contributed by atoms with Crippen molar-refractivity contribution in [2.75, 3.05) is 6.61 Å². The molecule has 3 nitrogen and oxygen atoms in total. The van der Waals surface area contributed by atoms with E-state index in [0.29, 0.717) is 25.4 Å². The Morgan fingerprint density at radius 1 is 0.750 bits per heavy atom. The highest BCUT2D eigenvalue weighted by atomic mass is 19.1. The van der Waals surface area contributed by atoms with Gasteiger partial charge >= 0.3 is 0 Å². The van der Waals surface area contributed by atoms with Gasteiger partial charge in [0.05, 0.1) is 6.61 Å². The number of hydrogen-bond donors (Lipinski definition) is 0. The maximum absolute atomic E-state index is 14.2. The molecule has 0 aliphatic rings. The average Bonchev–Trinajstić information content (AvgIpc) is 2.89. The average molecular weight is 499 g/mol. The van der Waals surface area contributed by atoms with Crippen molar-refractivity contribution in [2.45, 2.75) is 130 Å². The summed E-state index contributed by atoms with van der Waals surface area (Å²) in [7, 11) is 0. The number of ether oxygens (including phenoxy) is 1. The van der Waals surface area contributed by atoms with E-state index in [9.17, 15) is 4.39 Å². The molecule has 0 radical (unpaired) electrons. The molecule has 0 bridgehead atoms. The number of benzene rings is 1. The summed E-state index contributed by atoms with van der Waals surface area (Å²) in [4.78, 5) is 9.15. The Bertz CT molecular complexity index is 778. The van der Waals surface area contributed by atoms with Gasteiger partial charge in [-0.3, -0.25) is 0 Å². The molecule has 202 valence electrons. The third kappa shape index (κ3) is 13.4. The number of aryl methyl sites for hydroxylation is 1. The standard InChI is InChI=1S/C32H51FN2O/c1-4-6-8-9-10-11-12-13-14-15-17-28-25-34-32(35-26-28)29-18-20-31(21-19-29)36-23-22-30(33)24-27(3)16-7-5-2/h18-21,25-27,30H,4-17,22-24H2,1-3H3. The predicted octanol–water partition coefficient (Wildman–Crippen LogP) is 9.93. The van der Waals surface area contributed by atoms with Crippen LogP contribution in [0.1, 0.15) is 123 Å². The fourth-order valence-corrected chi connectivity index (χ4v) is 4.68. The molecule has 0 aliphatic carbocycles. The number of hydrogen-bond acceptors (Lipinski definition) is 3. The van der Waals surface area contributed by atoms with Gasteiger partial charge in [-0.2, -0.15) is 0 Å². The third-order valence-electron chi connectivity index (χ3n) is 7.05. The topological polar surface area (TPSA) is 35.0 Å². The van der Waals surface area contributed by atoms with Gasteiger partial charge in [0, 0.05) is 24.4 Å². The van der Waals surface area contributed by atoms with E-state index >= 15 is 0 Å². The smallest absolute Gasteiger partial charge is 0.159 e. The Balaban J connectivity index is 1.61. The highest BCUT2D eigenvalue weighted by Crippen LogP contribution is 2.21.